The summed E-state index contributed by atoms with van der Waals surface area (Å²) >= 11 is 3.47. The van der Waals surface area contributed by atoms with Crippen LogP contribution < -0.4 is 10.6 Å². The first kappa shape index (κ1) is 14.6. The molecular weight excluding hydrogens is 322 g/mol. The zero-order valence-corrected chi connectivity index (χ0v) is 13.1. The first-order valence-electron chi connectivity index (χ1n) is 6.16. The Hall–Kier alpha value is -1.82. The summed E-state index contributed by atoms with van der Waals surface area (Å²) in [7, 11) is 3.38. The van der Waals surface area contributed by atoms with Gasteiger partial charge in [-0.25, -0.2) is 4.79 Å². The van der Waals surface area contributed by atoms with Crippen LogP contribution in [0.1, 0.15) is 18.5 Å². The van der Waals surface area contributed by atoms with Crippen LogP contribution in [0, 0.1) is 0 Å². The second-order valence-electron chi connectivity index (χ2n) is 4.79. The van der Waals surface area contributed by atoms with Gasteiger partial charge >= 0.3 is 6.03 Å². The Morgan fingerprint density at radius 3 is 2.55 bits per heavy atom. The van der Waals surface area contributed by atoms with Gasteiger partial charge < -0.3 is 15.5 Å². The van der Waals surface area contributed by atoms with E-state index in [1.165, 1.54) is 4.90 Å². The van der Waals surface area contributed by atoms with Crippen molar-refractivity contribution in [3.05, 3.63) is 45.6 Å². The molecule has 0 aromatic heterocycles. The summed E-state index contributed by atoms with van der Waals surface area (Å²) in [6.07, 6.45) is 0. The number of carbonyl (C=O) groups is 2. The van der Waals surface area contributed by atoms with Gasteiger partial charge in [-0.1, -0.05) is 34.1 Å². The average molecular weight is 338 g/mol. The van der Waals surface area contributed by atoms with E-state index in [-0.39, 0.29) is 11.9 Å². The highest BCUT2D eigenvalue weighted by atomic mass is 79.9. The van der Waals surface area contributed by atoms with Gasteiger partial charge in [-0.05, 0) is 18.6 Å². The number of amides is 3. The van der Waals surface area contributed by atoms with E-state index in [2.05, 4.69) is 26.6 Å². The van der Waals surface area contributed by atoms with Gasteiger partial charge in [0.25, 0.3) is 5.91 Å². The Morgan fingerprint density at radius 1 is 1.30 bits per heavy atom. The minimum Gasteiger partial charge on any atom is -0.345 e. The van der Waals surface area contributed by atoms with Gasteiger partial charge in [-0.15, -0.1) is 0 Å². The molecule has 1 atom stereocenters. The molecule has 6 heteroatoms. The third-order valence-corrected chi connectivity index (χ3v) is 3.84. The molecule has 0 saturated heterocycles. The highest BCUT2D eigenvalue weighted by Gasteiger charge is 2.32. The van der Waals surface area contributed by atoms with E-state index in [0.717, 1.165) is 10.0 Å². The molecule has 0 aliphatic carbocycles. The zero-order valence-electron chi connectivity index (χ0n) is 11.5. The Morgan fingerprint density at radius 2 is 1.95 bits per heavy atom. The van der Waals surface area contributed by atoms with E-state index in [1.54, 1.807) is 21.0 Å². The minimum atomic E-state index is -0.464. The lowest BCUT2D eigenvalue weighted by Crippen LogP contribution is -2.46. The largest absolute Gasteiger partial charge is 0.345 e. The van der Waals surface area contributed by atoms with E-state index >= 15 is 0 Å². The van der Waals surface area contributed by atoms with Crippen molar-refractivity contribution in [1.29, 1.82) is 0 Å². The fraction of sp³-hybridized carbons (Fsp3) is 0.286. The SMILES string of the molecule is CC1=C(C(=O)N(C)C)[C@H](c2ccccc2Br)NC(=O)N1. The number of likely N-dealkylation sites (N-methyl/N-ethyl adjacent to an activating group) is 1. The number of allylic oxidation sites excluding steroid dienone is 1. The van der Waals surface area contributed by atoms with Crippen molar-refractivity contribution >= 4 is 27.9 Å². The molecule has 0 spiro atoms. The molecule has 2 N–H and O–H groups in total. The number of rotatable bonds is 2. The molecule has 1 aromatic rings. The van der Waals surface area contributed by atoms with Crippen molar-refractivity contribution in [2.45, 2.75) is 13.0 Å². The number of hydrogen-bond donors (Lipinski definition) is 2. The summed E-state index contributed by atoms with van der Waals surface area (Å²) in [5.74, 6) is -0.129. The van der Waals surface area contributed by atoms with E-state index in [9.17, 15) is 9.59 Å². The second kappa shape index (κ2) is 5.66. The monoisotopic (exact) mass is 337 g/mol. The number of benzene rings is 1. The van der Waals surface area contributed by atoms with Gasteiger partial charge in [0.15, 0.2) is 0 Å². The molecule has 1 aliphatic rings. The quantitative estimate of drug-likeness (QED) is 0.868. The second-order valence-corrected chi connectivity index (χ2v) is 5.65. The van der Waals surface area contributed by atoms with Gasteiger partial charge in [0.05, 0.1) is 11.6 Å². The van der Waals surface area contributed by atoms with Crippen molar-refractivity contribution in [3.8, 4) is 0 Å². The predicted octanol–water partition coefficient (Wildman–Crippen LogP) is 2.17. The molecule has 1 aromatic carbocycles. The number of nitrogens with one attached hydrogen (secondary N) is 2. The lowest BCUT2D eigenvalue weighted by atomic mass is 9.94. The first-order valence-corrected chi connectivity index (χ1v) is 6.95. The van der Waals surface area contributed by atoms with Gasteiger partial charge in [0.2, 0.25) is 0 Å². The van der Waals surface area contributed by atoms with Crippen LogP contribution in [0.25, 0.3) is 0 Å². The topological polar surface area (TPSA) is 61.4 Å². The van der Waals surface area contributed by atoms with Gasteiger partial charge in [-0.2, -0.15) is 0 Å². The van der Waals surface area contributed by atoms with Crippen molar-refractivity contribution in [2.75, 3.05) is 14.1 Å². The molecule has 0 fully saturated rings. The summed E-state index contributed by atoms with van der Waals surface area (Å²) in [6.45, 7) is 1.74. The van der Waals surface area contributed by atoms with E-state index < -0.39 is 6.04 Å². The van der Waals surface area contributed by atoms with Crippen molar-refractivity contribution in [3.63, 3.8) is 0 Å². The Balaban J connectivity index is 2.54. The molecule has 3 amide bonds. The highest BCUT2D eigenvalue weighted by Crippen LogP contribution is 2.32. The van der Waals surface area contributed by atoms with Crippen molar-refractivity contribution < 1.29 is 9.59 Å². The molecule has 0 bridgehead atoms. The lowest BCUT2D eigenvalue weighted by Gasteiger charge is -2.30. The zero-order chi connectivity index (χ0) is 14.9. The molecule has 0 radical (unpaired) electrons. The number of halogens is 1. The molecule has 20 heavy (non-hydrogen) atoms. The molecule has 0 unspecified atom stereocenters. The maximum atomic E-state index is 12.4. The Labute approximate surface area is 126 Å². The number of urea groups is 1. The first-order chi connectivity index (χ1) is 9.41. The molecule has 2 rings (SSSR count). The van der Waals surface area contributed by atoms with Crippen LogP contribution in [0.5, 0.6) is 0 Å². The maximum Gasteiger partial charge on any atom is 0.319 e. The van der Waals surface area contributed by atoms with Crippen LogP contribution in [0.3, 0.4) is 0 Å². The van der Waals surface area contributed by atoms with Crippen LogP contribution in [-0.2, 0) is 4.79 Å². The number of nitrogens with zero attached hydrogens (tertiary/aromatic N) is 1. The number of carbonyl (C=O) groups excluding carboxylic acids is 2. The average Bonchev–Trinajstić information content (AvgIpc) is 2.37. The van der Waals surface area contributed by atoms with Crippen molar-refractivity contribution in [2.24, 2.45) is 0 Å². The summed E-state index contributed by atoms with van der Waals surface area (Å²) < 4.78 is 0.851. The maximum absolute atomic E-state index is 12.4. The standard InChI is InChI=1S/C14H16BrN3O2/c1-8-11(13(19)18(2)3)12(17-14(20)16-8)9-6-4-5-7-10(9)15/h4-7,12H,1-3H3,(H2,16,17,20)/t12-/m0/s1. The van der Waals surface area contributed by atoms with Crippen LogP contribution in [-0.4, -0.2) is 30.9 Å². The summed E-state index contributed by atoms with van der Waals surface area (Å²) in [6, 6.07) is 6.77. The molecule has 1 heterocycles. The normalized spacial score (nSPS) is 18.4. The highest BCUT2D eigenvalue weighted by molar-refractivity contribution is 9.10. The Kier molecular flexibility index (Phi) is 4.13. The van der Waals surface area contributed by atoms with Crippen LogP contribution in [0.4, 0.5) is 4.79 Å². The fourth-order valence-corrected chi connectivity index (χ4v) is 2.67. The van der Waals surface area contributed by atoms with E-state index in [4.69, 9.17) is 0 Å². The van der Waals surface area contributed by atoms with Gasteiger partial charge in [0, 0.05) is 24.3 Å². The van der Waals surface area contributed by atoms with Gasteiger partial charge in [0.1, 0.15) is 0 Å². The molecule has 0 saturated carbocycles. The molecule has 5 nitrogen and oxygen atoms in total. The molecular formula is C14H16BrN3O2. The lowest BCUT2D eigenvalue weighted by molar-refractivity contribution is -0.125. The minimum absolute atomic E-state index is 0.129. The van der Waals surface area contributed by atoms with Crippen LogP contribution in [0.2, 0.25) is 0 Å². The smallest absolute Gasteiger partial charge is 0.319 e. The summed E-state index contributed by atoms with van der Waals surface area (Å²) in [5.41, 5.74) is 1.97. The predicted molar refractivity (Wildman–Crippen MR) is 79.9 cm³/mol. The van der Waals surface area contributed by atoms with E-state index in [1.807, 2.05) is 24.3 Å². The van der Waals surface area contributed by atoms with Gasteiger partial charge in [-0.3, -0.25) is 4.79 Å². The van der Waals surface area contributed by atoms with Crippen molar-refractivity contribution in [1.82, 2.24) is 15.5 Å². The third-order valence-electron chi connectivity index (χ3n) is 3.12. The summed E-state index contributed by atoms with van der Waals surface area (Å²) in [5, 5.41) is 5.46. The summed E-state index contributed by atoms with van der Waals surface area (Å²) in [4.78, 5) is 25.6. The van der Waals surface area contributed by atoms with Crippen LogP contribution >= 0.6 is 15.9 Å². The molecule has 106 valence electrons. The fourth-order valence-electron chi connectivity index (χ4n) is 2.16. The van der Waals surface area contributed by atoms with Crippen LogP contribution in [0.15, 0.2) is 40.0 Å². The number of hydrogen-bond acceptors (Lipinski definition) is 2. The molecule has 1 aliphatic heterocycles. The third kappa shape index (κ3) is 2.70. The Bertz CT molecular complexity index is 596. The van der Waals surface area contributed by atoms with E-state index in [0.29, 0.717) is 11.3 Å².